The number of aryl methyl sites for hydroxylation is 1. The molecule has 1 aliphatic heterocycles. The lowest BCUT2D eigenvalue weighted by atomic mass is 10.1. The average Bonchev–Trinajstić information content (AvgIpc) is 2.66. The number of thiocarbonyl (C=S) groups is 1. The second kappa shape index (κ2) is 8.01. The third-order valence-electron chi connectivity index (χ3n) is 3.97. The number of nitrogens with one attached hydrogen (secondary N) is 1. The monoisotopic (exact) mass is 395 g/mol. The normalized spacial score (nSPS) is 15.5. The fraction of sp³-hybridized carbons (Fsp3) is 0.100. The number of ether oxygens (including phenoxy) is 1. The van der Waals surface area contributed by atoms with Crippen molar-refractivity contribution in [3.8, 4) is 5.75 Å². The Bertz CT molecular complexity index is 982. The fourth-order valence-electron chi connectivity index (χ4n) is 2.57. The topological polar surface area (TPSA) is 102 Å². The molecule has 8 heteroatoms. The highest BCUT2D eigenvalue weighted by molar-refractivity contribution is 7.80. The van der Waals surface area contributed by atoms with Crippen molar-refractivity contribution < 1.29 is 19.1 Å². The Morgan fingerprint density at radius 1 is 1.14 bits per heavy atom. The molecule has 3 rings (SSSR count). The summed E-state index contributed by atoms with van der Waals surface area (Å²) < 4.78 is 5.19. The highest BCUT2D eigenvalue weighted by Crippen LogP contribution is 2.23. The molecule has 3 N–H and O–H groups in total. The molecule has 7 nitrogen and oxygen atoms in total. The summed E-state index contributed by atoms with van der Waals surface area (Å²) in [7, 11) is 0. The van der Waals surface area contributed by atoms with Gasteiger partial charge in [0.1, 0.15) is 11.3 Å². The zero-order valence-corrected chi connectivity index (χ0v) is 15.8. The van der Waals surface area contributed by atoms with Gasteiger partial charge in [-0.25, -0.2) is 0 Å². The number of carbonyl (C=O) groups is 3. The van der Waals surface area contributed by atoms with Crippen LogP contribution in [0, 0.1) is 6.92 Å². The predicted octanol–water partition coefficient (Wildman–Crippen LogP) is 1.69. The highest BCUT2D eigenvalue weighted by atomic mass is 32.1. The van der Waals surface area contributed by atoms with Crippen molar-refractivity contribution in [3.63, 3.8) is 0 Å². The van der Waals surface area contributed by atoms with E-state index in [4.69, 9.17) is 22.7 Å². The molecule has 142 valence electrons. The van der Waals surface area contributed by atoms with Crippen LogP contribution in [0.5, 0.6) is 5.75 Å². The number of hydrogen-bond acceptors (Lipinski definition) is 5. The van der Waals surface area contributed by atoms with E-state index in [0.717, 1.165) is 5.56 Å². The summed E-state index contributed by atoms with van der Waals surface area (Å²) in [5, 5.41) is 2.57. The SMILES string of the molecule is Cc1ccc(N2C(=O)/C(=C/c3ccc(OCC(N)=O)cc3)C(=O)NC2=S)cc1. The number of benzene rings is 2. The van der Waals surface area contributed by atoms with Crippen LogP contribution in [0.4, 0.5) is 5.69 Å². The van der Waals surface area contributed by atoms with Gasteiger partial charge in [-0.15, -0.1) is 0 Å². The summed E-state index contributed by atoms with van der Waals surface area (Å²) in [6.07, 6.45) is 1.47. The van der Waals surface area contributed by atoms with Crippen LogP contribution in [0.3, 0.4) is 0 Å². The minimum atomic E-state index is -0.581. The molecular weight excluding hydrogens is 378 g/mol. The van der Waals surface area contributed by atoms with Gasteiger partial charge in [0.05, 0.1) is 5.69 Å². The molecule has 0 spiro atoms. The van der Waals surface area contributed by atoms with Crippen LogP contribution in [0.25, 0.3) is 6.08 Å². The number of anilines is 1. The Balaban J connectivity index is 1.86. The van der Waals surface area contributed by atoms with Crippen LogP contribution in [0.2, 0.25) is 0 Å². The molecule has 28 heavy (non-hydrogen) atoms. The molecule has 2 aromatic rings. The lowest BCUT2D eigenvalue weighted by molar-refractivity contribution is -0.122. The van der Waals surface area contributed by atoms with E-state index in [1.807, 2.05) is 19.1 Å². The minimum absolute atomic E-state index is 0.0335. The first-order chi connectivity index (χ1) is 13.3. The maximum atomic E-state index is 12.9. The van der Waals surface area contributed by atoms with Crippen molar-refractivity contribution in [2.75, 3.05) is 11.5 Å². The molecule has 1 saturated heterocycles. The van der Waals surface area contributed by atoms with E-state index in [1.54, 1.807) is 36.4 Å². The molecule has 0 saturated carbocycles. The van der Waals surface area contributed by atoms with Crippen molar-refractivity contribution in [2.45, 2.75) is 6.92 Å². The van der Waals surface area contributed by atoms with E-state index in [0.29, 0.717) is 17.0 Å². The maximum Gasteiger partial charge on any atom is 0.270 e. The van der Waals surface area contributed by atoms with Crippen LogP contribution in [-0.2, 0) is 14.4 Å². The van der Waals surface area contributed by atoms with Crippen molar-refractivity contribution >= 4 is 46.8 Å². The van der Waals surface area contributed by atoms with Gasteiger partial charge >= 0.3 is 0 Å². The summed E-state index contributed by atoms with van der Waals surface area (Å²) in [6.45, 7) is 1.70. The Hall–Kier alpha value is -3.52. The van der Waals surface area contributed by atoms with E-state index < -0.39 is 17.7 Å². The van der Waals surface area contributed by atoms with Gasteiger partial charge in [0.15, 0.2) is 11.7 Å². The van der Waals surface area contributed by atoms with Gasteiger partial charge in [0, 0.05) is 0 Å². The first-order valence-corrected chi connectivity index (χ1v) is 8.75. The number of hydrogen-bond donors (Lipinski definition) is 2. The van der Waals surface area contributed by atoms with Crippen molar-refractivity contribution in [2.24, 2.45) is 5.73 Å². The van der Waals surface area contributed by atoms with Crippen LogP contribution in [0.15, 0.2) is 54.1 Å². The number of nitrogens with zero attached hydrogens (tertiary/aromatic N) is 1. The fourth-order valence-corrected chi connectivity index (χ4v) is 2.85. The lowest BCUT2D eigenvalue weighted by Gasteiger charge is -2.29. The van der Waals surface area contributed by atoms with Gasteiger partial charge in [-0.3, -0.25) is 24.6 Å². The molecule has 0 bridgehead atoms. The largest absolute Gasteiger partial charge is 0.484 e. The lowest BCUT2D eigenvalue weighted by Crippen LogP contribution is -2.54. The summed E-state index contributed by atoms with van der Waals surface area (Å²) in [5.41, 5.74) is 7.22. The zero-order valence-electron chi connectivity index (χ0n) is 15.0. The van der Waals surface area contributed by atoms with Crippen molar-refractivity contribution in [1.29, 1.82) is 0 Å². The zero-order chi connectivity index (χ0) is 20.3. The molecule has 0 atom stereocenters. The van der Waals surface area contributed by atoms with E-state index in [2.05, 4.69) is 5.32 Å². The highest BCUT2D eigenvalue weighted by Gasteiger charge is 2.34. The van der Waals surface area contributed by atoms with E-state index in [1.165, 1.54) is 11.0 Å². The van der Waals surface area contributed by atoms with E-state index in [-0.39, 0.29) is 17.3 Å². The first kappa shape index (κ1) is 19.2. The molecule has 1 aliphatic rings. The molecule has 0 aromatic heterocycles. The van der Waals surface area contributed by atoms with Crippen LogP contribution < -0.4 is 20.7 Å². The maximum absolute atomic E-state index is 12.9. The summed E-state index contributed by atoms with van der Waals surface area (Å²) in [6, 6.07) is 13.8. The van der Waals surface area contributed by atoms with Gasteiger partial charge in [-0.05, 0) is 55.0 Å². The molecule has 0 unspecified atom stereocenters. The van der Waals surface area contributed by atoms with Crippen molar-refractivity contribution in [1.82, 2.24) is 5.32 Å². The standard InChI is InChI=1S/C20H17N3O4S/c1-12-2-6-14(7-3-12)23-19(26)16(18(25)22-20(23)28)10-13-4-8-15(9-5-13)27-11-17(21)24/h2-10H,11H2,1H3,(H2,21,24)(H,22,25,28)/b16-10+. The Morgan fingerprint density at radius 2 is 1.79 bits per heavy atom. The predicted molar refractivity (Wildman–Crippen MR) is 109 cm³/mol. The van der Waals surface area contributed by atoms with Gasteiger partial charge < -0.3 is 10.5 Å². The average molecular weight is 395 g/mol. The second-order valence-corrected chi connectivity index (χ2v) is 6.50. The summed E-state index contributed by atoms with van der Waals surface area (Å²) in [5.74, 6) is -1.20. The van der Waals surface area contributed by atoms with Gasteiger partial charge in [-0.2, -0.15) is 0 Å². The second-order valence-electron chi connectivity index (χ2n) is 6.12. The molecule has 2 aromatic carbocycles. The van der Waals surface area contributed by atoms with E-state index >= 15 is 0 Å². The number of carbonyl (C=O) groups excluding carboxylic acids is 3. The Morgan fingerprint density at radius 3 is 2.39 bits per heavy atom. The number of rotatable bonds is 5. The Labute approximate surface area is 166 Å². The van der Waals surface area contributed by atoms with Crippen LogP contribution in [-0.4, -0.2) is 29.4 Å². The van der Waals surface area contributed by atoms with Crippen molar-refractivity contribution in [3.05, 3.63) is 65.2 Å². The van der Waals surface area contributed by atoms with Gasteiger partial charge in [0.2, 0.25) is 0 Å². The van der Waals surface area contributed by atoms with Crippen LogP contribution >= 0.6 is 12.2 Å². The molecule has 1 heterocycles. The van der Waals surface area contributed by atoms with E-state index in [9.17, 15) is 14.4 Å². The quantitative estimate of drug-likeness (QED) is 0.456. The Kier molecular flexibility index (Phi) is 5.51. The number of amides is 3. The van der Waals surface area contributed by atoms with Crippen LogP contribution in [0.1, 0.15) is 11.1 Å². The summed E-state index contributed by atoms with van der Waals surface area (Å²) >= 11 is 5.17. The molecular formula is C20H17N3O4S. The number of primary amides is 1. The molecule has 3 amide bonds. The van der Waals surface area contributed by atoms with Gasteiger partial charge in [-0.1, -0.05) is 29.8 Å². The smallest absolute Gasteiger partial charge is 0.270 e. The molecule has 0 aliphatic carbocycles. The summed E-state index contributed by atoms with van der Waals surface area (Å²) in [4.78, 5) is 37.3. The number of nitrogens with two attached hydrogens (primary N) is 1. The first-order valence-electron chi connectivity index (χ1n) is 8.34. The third kappa shape index (κ3) is 4.24. The minimum Gasteiger partial charge on any atom is -0.484 e. The molecule has 0 radical (unpaired) electrons. The third-order valence-corrected chi connectivity index (χ3v) is 4.25. The molecule has 1 fully saturated rings. The van der Waals surface area contributed by atoms with Gasteiger partial charge in [0.25, 0.3) is 17.7 Å².